The van der Waals surface area contributed by atoms with E-state index in [4.69, 9.17) is 9.47 Å². The summed E-state index contributed by atoms with van der Waals surface area (Å²) in [4.78, 5) is 19.1. The summed E-state index contributed by atoms with van der Waals surface area (Å²) in [6.45, 7) is 3.28. The van der Waals surface area contributed by atoms with Crippen molar-refractivity contribution in [2.45, 2.75) is 19.8 Å². The number of rotatable bonds is 5. The van der Waals surface area contributed by atoms with Crippen molar-refractivity contribution in [2.75, 3.05) is 30.5 Å². The van der Waals surface area contributed by atoms with E-state index in [0.717, 1.165) is 36.7 Å². The van der Waals surface area contributed by atoms with Gasteiger partial charge in [0.15, 0.2) is 0 Å². The molecule has 6 heteroatoms. The normalized spacial score (nSPS) is 13.1. The molecule has 2 aromatic carbocycles. The van der Waals surface area contributed by atoms with Crippen molar-refractivity contribution >= 4 is 23.2 Å². The van der Waals surface area contributed by atoms with Crippen molar-refractivity contribution < 1.29 is 14.3 Å². The van der Waals surface area contributed by atoms with Crippen LogP contribution in [0.2, 0.25) is 0 Å². The number of urea groups is 1. The third-order valence-corrected chi connectivity index (χ3v) is 4.07. The van der Waals surface area contributed by atoms with E-state index in [0.29, 0.717) is 18.0 Å². The van der Waals surface area contributed by atoms with Crippen LogP contribution in [0.5, 0.6) is 11.5 Å². The molecule has 0 spiro atoms. The van der Waals surface area contributed by atoms with Crippen LogP contribution >= 0.6 is 0 Å². The van der Waals surface area contributed by atoms with Gasteiger partial charge in [0.1, 0.15) is 17.3 Å². The molecule has 0 aromatic heterocycles. The SMILES string of the molecule is CCOc1ccc(N(C(=O)Nc2ccccc2OC)C2=NCCC2)cc1. The Morgan fingerprint density at radius 1 is 1.19 bits per heavy atom. The van der Waals surface area contributed by atoms with Crippen LogP contribution in [0.1, 0.15) is 19.8 Å². The lowest BCUT2D eigenvalue weighted by Crippen LogP contribution is -2.39. The Labute approximate surface area is 153 Å². The fourth-order valence-electron chi connectivity index (χ4n) is 2.87. The fraction of sp³-hybridized carbons (Fsp3) is 0.300. The zero-order chi connectivity index (χ0) is 18.4. The van der Waals surface area contributed by atoms with E-state index in [1.54, 1.807) is 12.0 Å². The highest BCUT2D eigenvalue weighted by molar-refractivity contribution is 6.20. The number of nitrogens with zero attached hydrogens (tertiary/aromatic N) is 2. The molecule has 0 fully saturated rings. The molecule has 0 unspecified atom stereocenters. The number of carbonyl (C=O) groups excluding carboxylic acids is 1. The van der Waals surface area contributed by atoms with Gasteiger partial charge in [-0.2, -0.15) is 0 Å². The first-order valence-corrected chi connectivity index (χ1v) is 8.73. The van der Waals surface area contributed by atoms with Gasteiger partial charge in [-0.15, -0.1) is 0 Å². The Bertz CT molecular complexity index is 787. The van der Waals surface area contributed by atoms with Gasteiger partial charge in [-0.3, -0.25) is 9.89 Å². The maximum Gasteiger partial charge on any atom is 0.331 e. The van der Waals surface area contributed by atoms with E-state index in [1.165, 1.54) is 0 Å². The number of benzene rings is 2. The zero-order valence-electron chi connectivity index (χ0n) is 15.1. The first kappa shape index (κ1) is 17.8. The van der Waals surface area contributed by atoms with Crippen molar-refractivity contribution in [1.29, 1.82) is 0 Å². The summed E-state index contributed by atoms with van der Waals surface area (Å²) >= 11 is 0. The second-order valence-corrected chi connectivity index (χ2v) is 5.79. The van der Waals surface area contributed by atoms with Crippen LogP contribution in [-0.2, 0) is 0 Å². The zero-order valence-corrected chi connectivity index (χ0v) is 15.1. The molecule has 0 radical (unpaired) electrons. The van der Waals surface area contributed by atoms with E-state index in [2.05, 4.69) is 10.3 Å². The highest BCUT2D eigenvalue weighted by Gasteiger charge is 2.24. The Hall–Kier alpha value is -3.02. The molecule has 0 atom stereocenters. The minimum atomic E-state index is -0.265. The van der Waals surface area contributed by atoms with Gasteiger partial charge in [-0.25, -0.2) is 4.79 Å². The van der Waals surface area contributed by atoms with Crippen molar-refractivity contribution in [3.05, 3.63) is 48.5 Å². The van der Waals surface area contributed by atoms with Crippen LogP contribution in [0.25, 0.3) is 0 Å². The van der Waals surface area contributed by atoms with E-state index < -0.39 is 0 Å². The molecule has 2 aromatic rings. The van der Waals surface area contributed by atoms with Gasteiger partial charge < -0.3 is 14.8 Å². The van der Waals surface area contributed by atoms with Crippen LogP contribution < -0.4 is 19.7 Å². The number of carbonyl (C=O) groups is 1. The van der Waals surface area contributed by atoms with E-state index in [9.17, 15) is 4.79 Å². The summed E-state index contributed by atoms with van der Waals surface area (Å²) in [6, 6.07) is 14.5. The number of nitrogens with one attached hydrogen (secondary N) is 1. The number of hydrogen-bond donors (Lipinski definition) is 1. The molecule has 0 saturated heterocycles. The number of ether oxygens (including phenoxy) is 2. The molecule has 0 aliphatic carbocycles. The lowest BCUT2D eigenvalue weighted by molar-refractivity contribution is 0.259. The minimum Gasteiger partial charge on any atom is -0.495 e. The maximum atomic E-state index is 13.0. The molecule has 136 valence electrons. The number of aliphatic imine (C=N–C) groups is 1. The van der Waals surface area contributed by atoms with Crippen LogP contribution in [0, 0.1) is 0 Å². The third kappa shape index (κ3) is 3.96. The van der Waals surface area contributed by atoms with Gasteiger partial charge >= 0.3 is 6.03 Å². The first-order valence-electron chi connectivity index (χ1n) is 8.73. The predicted molar refractivity (Wildman–Crippen MR) is 104 cm³/mol. The lowest BCUT2D eigenvalue weighted by Gasteiger charge is -2.24. The maximum absolute atomic E-state index is 13.0. The molecule has 0 saturated carbocycles. The molecule has 2 amide bonds. The standard InChI is InChI=1S/C20H23N3O3/c1-3-26-16-12-10-15(11-13-16)23(19-9-6-14-21-19)20(24)22-17-7-4-5-8-18(17)25-2/h4-5,7-8,10-13H,3,6,9,14H2,1-2H3,(H,22,24). The van der Waals surface area contributed by atoms with Gasteiger partial charge in [0, 0.05) is 13.0 Å². The molecule has 6 nitrogen and oxygen atoms in total. The third-order valence-electron chi connectivity index (χ3n) is 4.07. The molecule has 1 N–H and O–H groups in total. The largest absolute Gasteiger partial charge is 0.495 e. The van der Waals surface area contributed by atoms with E-state index >= 15 is 0 Å². The minimum absolute atomic E-state index is 0.265. The molecule has 3 rings (SSSR count). The second-order valence-electron chi connectivity index (χ2n) is 5.79. The fourth-order valence-corrected chi connectivity index (χ4v) is 2.87. The Balaban J connectivity index is 1.87. The molecule has 1 heterocycles. The number of amides is 2. The summed E-state index contributed by atoms with van der Waals surface area (Å²) in [5.74, 6) is 2.15. The average molecular weight is 353 g/mol. The Kier molecular flexibility index (Phi) is 5.73. The monoisotopic (exact) mass is 353 g/mol. The molecule has 26 heavy (non-hydrogen) atoms. The number of para-hydroxylation sites is 2. The summed E-state index contributed by atoms with van der Waals surface area (Å²) < 4.78 is 10.8. The van der Waals surface area contributed by atoms with Crippen molar-refractivity contribution in [2.24, 2.45) is 4.99 Å². The van der Waals surface area contributed by atoms with Crippen molar-refractivity contribution in [3.63, 3.8) is 0 Å². The topological polar surface area (TPSA) is 63.2 Å². The van der Waals surface area contributed by atoms with Gasteiger partial charge in [-0.05, 0) is 49.7 Å². The number of anilines is 2. The Morgan fingerprint density at radius 2 is 1.96 bits per heavy atom. The predicted octanol–water partition coefficient (Wildman–Crippen LogP) is 4.32. The number of amidine groups is 1. The van der Waals surface area contributed by atoms with Crippen LogP contribution in [0.3, 0.4) is 0 Å². The van der Waals surface area contributed by atoms with Crippen molar-refractivity contribution in [1.82, 2.24) is 0 Å². The van der Waals surface area contributed by atoms with Gasteiger partial charge in [0.2, 0.25) is 0 Å². The summed E-state index contributed by atoms with van der Waals surface area (Å²) in [5, 5.41) is 2.93. The highest BCUT2D eigenvalue weighted by Crippen LogP contribution is 2.27. The number of methoxy groups -OCH3 is 1. The summed E-state index contributed by atoms with van der Waals surface area (Å²) in [6.07, 6.45) is 1.72. The molecule has 1 aliphatic rings. The lowest BCUT2D eigenvalue weighted by atomic mass is 10.2. The second kappa shape index (κ2) is 8.38. The Morgan fingerprint density at radius 3 is 2.62 bits per heavy atom. The van der Waals surface area contributed by atoms with Crippen LogP contribution in [0.15, 0.2) is 53.5 Å². The number of hydrogen-bond acceptors (Lipinski definition) is 4. The molecule has 0 bridgehead atoms. The average Bonchev–Trinajstić information content (AvgIpc) is 3.18. The smallest absolute Gasteiger partial charge is 0.331 e. The van der Waals surface area contributed by atoms with Gasteiger partial charge in [-0.1, -0.05) is 12.1 Å². The van der Waals surface area contributed by atoms with Crippen molar-refractivity contribution in [3.8, 4) is 11.5 Å². The van der Waals surface area contributed by atoms with E-state index in [-0.39, 0.29) is 6.03 Å². The first-order chi connectivity index (χ1) is 12.7. The van der Waals surface area contributed by atoms with Crippen LogP contribution in [0.4, 0.5) is 16.2 Å². The van der Waals surface area contributed by atoms with Gasteiger partial charge in [0.05, 0.1) is 25.1 Å². The molecule has 1 aliphatic heterocycles. The summed E-state index contributed by atoms with van der Waals surface area (Å²) in [5.41, 5.74) is 1.37. The van der Waals surface area contributed by atoms with Gasteiger partial charge in [0.25, 0.3) is 0 Å². The van der Waals surface area contributed by atoms with Crippen LogP contribution in [-0.4, -0.2) is 32.1 Å². The highest BCUT2D eigenvalue weighted by atomic mass is 16.5. The molecular weight excluding hydrogens is 330 g/mol. The summed E-state index contributed by atoms with van der Waals surface area (Å²) in [7, 11) is 1.58. The van der Waals surface area contributed by atoms with E-state index in [1.807, 2.05) is 55.5 Å². The quantitative estimate of drug-likeness (QED) is 0.870. The molecular formula is C20H23N3O3.